The van der Waals surface area contributed by atoms with Crippen molar-refractivity contribution in [3.63, 3.8) is 0 Å². The molecule has 0 aliphatic rings. The van der Waals surface area contributed by atoms with Crippen molar-refractivity contribution in [3.8, 4) is 11.9 Å². The smallest absolute Gasteiger partial charge is 0.417 e. The molecule has 1 atom stereocenters. The van der Waals surface area contributed by atoms with Crippen LogP contribution in [0, 0.1) is 11.3 Å². The maximum absolute atomic E-state index is 13.1. The Morgan fingerprint density at radius 3 is 2.41 bits per heavy atom. The van der Waals surface area contributed by atoms with Crippen LogP contribution in [0.25, 0.3) is 0 Å². The van der Waals surface area contributed by atoms with Gasteiger partial charge in [0.2, 0.25) is 5.88 Å². The van der Waals surface area contributed by atoms with E-state index in [0.717, 1.165) is 30.5 Å². The number of carbonyl (C=O) groups excluding carboxylic acids is 1. The number of benzene rings is 1. The van der Waals surface area contributed by atoms with Gasteiger partial charge in [-0.15, -0.1) is 0 Å². The number of alkyl halides is 3. The molecule has 172 valence electrons. The van der Waals surface area contributed by atoms with Crippen molar-refractivity contribution >= 4 is 5.91 Å². The highest BCUT2D eigenvalue weighted by atomic mass is 19.4. The molecule has 1 unspecified atom stereocenters. The summed E-state index contributed by atoms with van der Waals surface area (Å²) >= 11 is 0. The zero-order valence-corrected chi connectivity index (χ0v) is 18.9. The zero-order chi connectivity index (χ0) is 24.2. The molecule has 1 heterocycles. The van der Waals surface area contributed by atoms with Crippen molar-refractivity contribution in [2.45, 2.75) is 70.7 Å². The Balaban J connectivity index is 2.20. The topological polar surface area (TPSA) is 75.0 Å². The normalized spacial score (nSPS) is 13.2. The molecule has 1 aromatic heterocycles. The van der Waals surface area contributed by atoms with Gasteiger partial charge < -0.3 is 10.1 Å². The first-order chi connectivity index (χ1) is 14.8. The molecule has 32 heavy (non-hydrogen) atoms. The lowest BCUT2D eigenvalue weighted by atomic mass is 9.78. The molecule has 0 spiro atoms. The predicted octanol–water partition coefficient (Wildman–Crippen LogP) is 5.61. The number of rotatable bonds is 8. The van der Waals surface area contributed by atoms with Gasteiger partial charge in [-0.05, 0) is 57.9 Å². The minimum Gasteiger partial charge on any atom is -0.462 e. The SMILES string of the molecule is CCCC(c1cccc(C#N)c1)C(C)(C)NC(=O)C(C)(C)Oc1ccc(C(F)(F)F)cn1. The average molecular weight is 448 g/mol. The zero-order valence-electron chi connectivity index (χ0n) is 18.9. The van der Waals surface area contributed by atoms with Gasteiger partial charge in [-0.3, -0.25) is 4.79 Å². The molecule has 0 aliphatic heterocycles. The lowest BCUT2D eigenvalue weighted by Crippen LogP contribution is -2.56. The van der Waals surface area contributed by atoms with Gasteiger partial charge in [0, 0.05) is 23.7 Å². The Kier molecular flexibility index (Phi) is 7.55. The number of ether oxygens (including phenoxy) is 1. The van der Waals surface area contributed by atoms with Crippen molar-refractivity contribution in [3.05, 3.63) is 59.3 Å². The van der Waals surface area contributed by atoms with Crippen LogP contribution >= 0.6 is 0 Å². The van der Waals surface area contributed by atoms with E-state index in [1.807, 2.05) is 39.0 Å². The second-order valence-corrected chi connectivity index (χ2v) is 8.75. The number of amides is 1. The third kappa shape index (κ3) is 6.22. The molecule has 0 saturated heterocycles. The van der Waals surface area contributed by atoms with Crippen LogP contribution in [-0.4, -0.2) is 22.0 Å². The van der Waals surface area contributed by atoms with E-state index in [1.54, 1.807) is 6.07 Å². The summed E-state index contributed by atoms with van der Waals surface area (Å²) in [6, 6.07) is 11.4. The van der Waals surface area contributed by atoms with Crippen LogP contribution < -0.4 is 10.1 Å². The van der Waals surface area contributed by atoms with E-state index < -0.39 is 28.8 Å². The molecule has 2 aromatic rings. The van der Waals surface area contributed by atoms with Crippen LogP contribution in [0.3, 0.4) is 0 Å². The van der Waals surface area contributed by atoms with Gasteiger partial charge in [0.05, 0.1) is 17.2 Å². The van der Waals surface area contributed by atoms with Crippen molar-refractivity contribution in [2.75, 3.05) is 0 Å². The lowest BCUT2D eigenvalue weighted by Gasteiger charge is -2.38. The quantitative estimate of drug-likeness (QED) is 0.571. The highest BCUT2D eigenvalue weighted by molar-refractivity contribution is 5.85. The highest BCUT2D eigenvalue weighted by Crippen LogP contribution is 2.34. The summed E-state index contributed by atoms with van der Waals surface area (Å²) in [5, 5.41) is 12.2. The first-order valence-corrected chi connectivity index (χ1v) is 10.3. The number of aromatic nitrogens is 1. The van der Waals surface area contributed by atoms with Crippen molar-refractivity contribution in [1.29, 1.82) is 5.26 Å². The Morgan fingerprint density at radius 2 is 1.88 bits per heavy atom. The average Bonchev–Trinajstić information content (AvgIpc) is 2.71. The van der Waals surface area contributed by atoms with Gasteiger partial charge >= 0.3 is 6.18 Å². The van der Waals surface area contributed by atoms with Crippen molar-refractivity contribution < 1.29 is 22.7 Å². The van der Waals surface area contributed by atoms with Gasteiger partial charge in [-0.1, -0.05) is 25.5 Å². The molecule has 0 fully saturated rings. The van der Waals surface area contributed by atoms with Crippen molar-refractivity contribution in [2.24, 2.45) is 0 Å². The number of nitrogens with zero attached hydrogens (tertiary/aromatic N) is 2. The summed E-state index contributed by atoms with van der Waals surface area (Å²) in [6.07, 6.45) is -2.17. The fourth-order valence-electron chi connectivity index (χ4n) is 3.50. The summed E-state index contributed by atoms with van der Waals surface area (Å²) in [5.41, 5.74) is -1.47. The van der Waals surface area contributed by atoms with E-state index in [-0.39, 0.29) is 11.8 Å². The van der Waals surface area contributed by atoms with Crippen molar-refractivity contribution in [1.82, 2.24) is 10.3 Å². The minimum atomic E-state index is -4.50. The van der Waals surface area contributed by atoms with Crippen LogP contribution in [0.5, 0.6) is 5.88 Å². The molecule has 1 N–H and O–H groups in total. The molecule has 0 radical (unpaired) electrons. The molecule has 1 amide bonds. The Labute approximate surface area is 186 Å². The molecule has 0 aliphatic carbocycles. The van der Waals surface area contributed by atoms with Gasteiger partial charge in [-0.25, -0.2) is 4.98 Å². The van der Waals surface area contributed by atoms with Gasteiger partial charge in [0.15, 0.2) is 5.60 Å². The van der Waals surface area contributed by atoms with Crippen LogP contribution in [0.4, 0.5) is 13.2 Å². The van der Waals surface area contributed by atoms with Crippen LogP contribution in [0.15, 0.2) is 42.6 Å². The minimum absolute atomic E-state index is 0.0651. The standard InChI is InChI=1S/C24H28F3N3O2/c1-6-8-19(17-10-7-9-16(13-17)14-28)22(2,3)30-21(31)23(4,5)32-20-12-11-18(15-29-20)24(25,26)27/h7,9-13,15,19H,6,8H2,1-5H3,(H,30,31). The molecule has 2 rings (SSSR count). The molecule has 1 aromatic carbocycles. The fraction of sp³-hybridized carbons (Fsp3) is 0.458. The highest BCUT2D eigenvalue weighted by Gasteiger charge is 2.38. The Bertz CT molecular complexity index is 977. The van der Waals surface area contributed by atoms with E-state index in [2.05, 4.69) is 16.4 Å². The van der Waals surface area contributed by atoms with Gasteiger partial charge in [-0.2, -0.15) is 18.4 Å². The third-order valence-corrected chi connectivity index (χ3v) is 5.27. The Morgan fingerprint density at radius 1 is 1.19 bits per heavy atom. The van der Waals surface area contributed by atoms with Crippen LogP contribution in [0.1, 0.15) is 70.1 Å². The number of carbonyl (C=O) groups is 1. The van der Waals surface area contributed by atoms with Gasteiger partial charge in [0.25, 0.3) is 5.91 Å². The third-order valence-electron chi connectivity index (χ3n) is 5.27. The first kappa shape index (κ1) is 25.2. The maximum atomic E-state index is 13.1. The number of nitrogens with one attached hydrogen (secondary N) is 1. The Hall–Kier alpha value is -3.08. The second-order valence-electron chi connectivity index (χ2n) is 8.75. The van der Waals surface area contributed by atoms with Gasteiger partial charge in [0.1, 0.15) is 0 Å². The molecule has 0 saturated carbocycles. The second kappa shape index (κ2) is 9.60. The summed E-state index contributed by atoms with van der Waals surface area (Å²) in [4.78, 5) is 16.8. The fourth-order valence-corrected chi connectivity index (χ4v) is 3.50. The van der Waals surface area contributed by atoms with E-state index in [0.29, 0.717) is 11.8 Å². The first-order valence-electron chi connectivity index (χ1n) is 10.3. The maximum Gasteiger partial charge on any atom is 0.417 e. The monoisotopic (exact) mass is 447 g/mol. The van der Waals surface area contributed by atoms with E-state index >= 15 is 0 Å². The molecule has 8 heteroatoms. The number of pyridine rings is 1. The molecule has 0 bridgehead atoms. The number of hydrogen-bond acceptors (Lipinski definition) is 4. The van der Waals surface area contributed by atoms with E-state index in [4.69, 9.17) is 4.74 Å². The lowest BCUT2D eigenvalue weighted by molar-refractivity contribution is -0.139. The summed E-state index contributed by atoms with van der Waals surface area (Å²) < 4.78 is 43.8. The predicted molar refractivity (Wildman–Crippen MR) is 115 cm³/mol. The number of halogens is 3. The van der Waals surface area contributed by atoms with Crippen LogP contribution in [0.2, 0.25) is 0 Å². The summed E-state index contributed by atoms with van der Waals surface area (Å²) in [7, 11) is 0. The van der Waals surface area contributed by atoms with E-state index in [9.17, 15) is 23.2 Å². The molecule has 5 nitrogen and oxygen atoms in total. The van der Waals surface area contributed by atoms with Crippen LogP contribution in [-0.2, 0) is 11.0 Å². The van der Waals surface area contributed by atoms with E-state index in [1.165, 1.54) is 13.8 Å². The number of nitriles is 1. The molecular formula is C24H28F3N3O2. The largest absolute Gasteiger partial charge is 0.462 e. The number of hydrogen-bond donors (Lipinski definition) is 1. The summed E-state index contributed by atoms with van der Waals surface area (Å²) in [5.74, 6) is -0.575. The molecular weight excluding hydrogens is 419 g/mol. The summed E-state index contributed by atoms with van der Waals surface area (Å²) in [6.45, 7) is 8.90.